The topological polar surface area (TPSA) is 72.9 Å². The van der Waals surface area contributed by atoms with Crippen LogP contribution >= 0.6 is 0 Å². The normalized spacial score (nSPS) is 23.2. The summed E-state index contributed by atoms with van der Waals surface area (Å²) < 4.78 is 151. The van der Waals surface area contributed by atoms with Crippen molar-refractivity contribution in [2.75, 3.05) is 24.7 Å². The van der Waals surface area contributed by atoms with Crippen molar-refractivity contribution in [3.8, 4) is 5.75 Å². The molecule has 0 bridgehead atoms. The molecule has 0 unspecified atom stereocenters. The quantitative estimate of drug-likeness (QED) is 0.211. The Morgan fingerprint density at radius 2 is 1.67 bits per heavy atom. The second-order valence-corrected chi connectivity index (χ2v) is 13.7. The van der Waals surface area contributed by atoms with Crippen molar-refractivity contribution >= 4 is 21.5 Å². The maximum absolute atomic E-state index is 15.7. The van der Waals surface area contributed by atoms with E-state index >= 15 is 4.39 Å². The van der Waals surface area contributed by atoms with Gasteiger partial charge in [0.25, 0.3) is 0 Å². The molecule has 240 valence electrons. The van der Waals surface area contributed by atoms with E-state index in [9.17, 15) is 43.9 Å². The summed E-state index contributed by atoms with van der Waals surface area (Å²) >= 11 is 0. The molecule has 2 aliphatic rings. The molecule has 2 atom stereocenters. The average Bonchev–Trinajstić information content (AvgIpc) is 2.93. The Morgan fingerprint density at radius 1 is 1.07 bits per heavy atom. The van der Waals surface area contributed by atoms with E-state index in [1.807, 2.05) is 0 Å². The van der Waals surface area contributed by atoms with Crippen molar-refractivity contribution in [2.24, 2.45) is 11.3 Å². The summed E-state index contributed by atoms with van der Waals surface area (Å²) in [5.41, 5.74) is -6.23. The minimum Gasteiger partial charge on any atom is -0.492 e. The third-order valence-corrected chi connectivity index (χ3v) is 9.50. The lowest BCUT2D eigenvalue weighted by molar-refractivity contribution is -0.155. The number of nitrogens with zero attached hydrogens (tertiary/aromatic N) is 1. The Kier molecular flexibility index (Phi) is 9.76. The molecule has 0 amide bonds. The highest BCUT2D eigenvalue weighted by Gasteiger charge is 2.47. The molecule has 1 aromatic rings. The molecule has 3 rings (SSSR count). The molecule has 0 aromatic heterocycles. The second kappa shape index (κ2) is 12.0. The number of sulfone groups is 1. The lowest BCUT2D eigenvalue weighted by atomic mass is 9.89. The number of hydrogen-bond donors (Lipinski definition) is 0. The summed E-state index contributed by atoms with van der Waals surface area (Å²) in [4.78, 5) is 12.5. The van der Waals surface area contributed by atoms with Gasteiger partial charge in [0.1, 0.15) is 12.4 Å². The largest absolute Gasteiger partial charge is 0.492 e. The fourth-order valence-electron chi connectivity index (χ4n) is 5.14. The van der Waals surface area contributed by atoms with Crippen molar-refractivity contribution in [1.82, 2.24) is 0 Å². The first kappa shape index (κ1) is 34.2. The third-order valence-electron chi connectivity index (χ3n) is 7.58. The summed E-state index contributed by atoms with van der Waals surface area (Å²) in [5.74, 6) is -9.69. The molecule has 1 aliphatic carbocycles. The van der Waals surface area contributed by atoms with Crippen LogP contribution in [0.15, 0.2) is 17.0 Å². The molecule has 15 heteroatoms. The van der Waals surface area contributed by atoms with Gasteiger partial charge in [0, 0.05) is 43.8 Å². The fourth-order valence-corrected chi connectivity index (χ4v) is 6.85. The van der Waals surface area contributed by atoms with E-state index in [0.29, 0.717) is 19.1 Å². The molecule has 0 spiro atoms. The number of benzene rings is 1. The van der Waals surface area contributed by atoms with E-state index in [1.54, 1.807) is 0 Å². The summed E-state index contributed by atoms with van der Waals surface area (Å²) in [6, 6.07) is 0.0855. The molecule has 6 nitrogen and oxygen atoms in total. The zero-order chi connectivity index (χ0) is 31.9. The predicted molar refractivity (Wildman–Crippen MR) is 137 cm³/mol. The van der Waals surface area contributed by atoms with Crippen LogP contribution in [-0.4, -0.2) is 57.5 Å². The standard InChI is InChI=1S/C27H35F8NO5S/c1-5-40-23(37)24(2,3)15-41-20-13-21-19(12-18(20)27(33,34)35)36(17-7-10-26(31,32)11-8-17)14-16(6-9-25(4,29)30)22(28)42(21,38)39/h12-13,16-17,22H,5-11,14-15H2,1-4H3/t16-,22+/m0/s1. The molecular formula is C27H35F8NO5S. The van der Waals surface area contributed by atoms with Gasteiger partial charge in [0.05, 0.1) is 28.2 Å². The molecule has 0 radical (unpaired) electrons. The molecule has 1 fully saturated rings. The van der Waals surface area contributed by atoms with Crippen LogP contribution in [0.4, 0.5) is 40.8 Å². The van der Waals surface area contributed by atoms with Crippen LogP contribution in [0.3, 0.4) is 0 Å². The van der Waals surface area contributed by atoms with Crippen LogP contribution in [0, 0.1) is 11.3 Å². The summed E-state index contributed by atoms with van der Waals surface area (Å²) in [5, 5.41) is 0. The van der Waals surface area contributed by atoms with E-state index in [0.717, 1.165) is 4.90 Å². The highest BCUT2D eigenvalue weighted by Crippen LogP contribution is 2.48. The zero-order valence-electron chi connectivity index (χ0n) is 23.7. The Morgan fingerprint density at radius 3 is 2.19 bits per heavy atom. The Bertz CT molecular complexity index is 1240. The average molecular weight is 638 g/mol. The van der Waals surface area contributed by atoms with Crippen LogP contribution < -0.4 is 9.64 Å². The van der Waals surface area contributed by atoms with Gasteiger partial charge in [-0.1, -0.05) is 0 Å². The van der Waals surface area contributed by atoms with Gasteiger partial charge in [-0.3, -0.25) is 4.79 Å². The number of carbonyl (C=O) groups excluding carboxylic acids is 1. The van der Waals surface area contributed by atoms with E-state index in [-0.39, 0.29) is 19.4 Å². The highest BCUT2D eigenvalue weighted by atomic mass is 32.2. The molecule has 1 aliphatic heterocycles. The Hall–Kier alpha value is -2.32. The van der Waals surface area contributed by atoms with Gasteiger partial charge in [-0.05, 0) is 53.0 Å². The summed E-state index contributed by atoms with van der Waals surface area (Å²) in [7, 11) is -5.07. The molecule has 0 N–H and O–H groups in total. The fraction of sp³-hybridized carbons (Fsp3) is 0.741. The lowest BCUT2D eigenvalue weighted by Gasteiger charge is -2.39. The lowest BCUT2D eigenvalue weighted by Crippen LogP contribution is -2.44. The van der Waals surface area contributed by atoms with Crippen LogP contribution in [0.2, 0.25) is 0 Å². The first-order chi connectivity index (χ1) is 19.1. The van der Waals surface area contributed by atoms with Gasteiger partial charge in [0.2, 0.25) is 27.2 Å². The Labute approximate surface area is 239 Å². The third kappa shape index (κ3) is 7.79. The molecule has 0 saturated heterocycles. The number of ether oxygens (including phenoxy) is 2. The van der Waals surface area contributed by atoms with Gasteiger partial charge in [-0.2, -0.15) is 13.2 Å². The van der Waals surface area contributed by atoms with Crippen molar-refractivity contribution in [3.05, 3.63) is 17.7 Å². The number of halogens is 8. The minimum absolute atomic E-state index is 0.0148. The first-order valence-corrected chi connectivity index (χ1v) is 15.1. The number of carbonyl (C=O) groups is 1. The van der Waals surface area contributed by atoms with Crippen molar-refractivity contribution in [1.29, 1.82) is 0 Å². The van der Waals surface area contributed by atoms with Crippen LogP contribution in [0.1, 0.15) is 71.8 Å². The molecular weight excluding hydrogens is 602 g/mol. The maximum atomic E-state index is 15.7. The van der Waals surface area contributed by atoms with Gasteiger partial charge >= 0.3 is 12.1 Å². The van der Waals surface area contributed by atoms with Crippen molar-refractivity contribution in [2.45, 2.75) is 101 Å². The zero-order valence-corrected chi connectivity index (χ0v) is 24.5. The number of rotatable bonds is 9. The number of esters is 1. The highest BCUT2D eigenvalue weighted by molar-refractivity contribution is 7.92. The van der Waals surface area contributed by atoms with E-state index < -0.39 is 117 Å². The molecule has 42 heavy (non-hydrogen) atoms. The number of anilines is 1. The van der Waals surface area contributed by atoms with Crippen LogP contribution in [0.25, 0.3) is 0 Å². The predicted octanol–water partition coefficient (Wildman–Crippen LogP) is 7.19. The molecule has 1 saturated carbocycles. The smallest absolute Gasteiger partial charge is 0.420 e. The SMILES string of the molecule is CCOC(=O)C(C)(C)COc1cc2c(cc1C(F)(F)F)N(C1CCC(F)(F)CC1)C[C@H](CCC(C)(F)F)[C@H](F)S2(=O)=O. The summed E-state index contributed by atoms with van der Waals surface area (Å²) in [6.45, 7) is 3.51. The number of fused-ring (bicyclic) bond motifs is 1. The maximum Gasteiger partial charge on any atom is 0.420 e. The molecule has 1 heterocycles. The van der Waals surface area contributed by atoms with Gasteiger partial charge in [-0.25, -0.2) is 30.4 Å². The van der Waals surface area contributed by atoms with Crippen molar-refractivity contribution in [3.63, 3.8) is 0 Å². The van der Waals surface area contributed by atoms with Crippen LogP contribution in [-0.2, 0) is 25.5 Å². The van der Waals surface area contributed by atoms with E-state index in [4.69, 9.17) is 9.47 Å². The van der Waals surface area contributed by atoms with Gasteiger partial charge < -0.3 is 14.4 Å². The van der Waals surface area contributed by atoms with Crippen molar-refractivity contribution < 1.29 is 57.8 Å². The number of hydrogen-bond acceptors (Lipinski definition) is 6. The Balaban J connectivity index is 2.17. The summed E-state index contributed by atoms with van der Waals surface area (Å²) in [6.07, 6.45) is -8.39. The van der Waals surface area contributed by atoms with E-state index in [1.165, 1.54) is 20.8 Å². The molecule has 1 aromatic carbocycles. The second-order valence-electron chi connectivity index (χ2n) is 11.7. The number of alkyl halides is 8. The minimum atomic E-state index is -5.11. The van der Waals surface area contributed by atoms with Gasteiger partial charge in [0.15, 0.2) is 0 Å². The monoisotopic (exact) mass is 637 g/mol. The van der Waals surface area contributed by atoms with Gasteiger partial charge in [-0.15, -0.1) is 0 Å². The first-order valence-electron chi connectivity index (χ1n) is 13.5. The van der Waals surface area contributed by atoms with E-state index in [2.05, 4.69) is 0 Å². The van der Waals surface area contributed by atoms with Crippen LogP contribution in [0.5, 0.6) is 5.75 Å².